The van der Waals surface area contributed by atoms with E-state index in [1.54, 1.807) is 7.11 Å². The van der Waals surface area contributed by atoms with Gasteiger partial charge in [0.05, 0.1) is 18.3 Å². The molecule has 4 rings (SSSR count). The topological polar surface area (TPSA) is 25.4 Å². The Morgan fingerprint density at radius 1 is 1.05 bits per heavy atom. The van der Waals surface area contributed by atoms with Crippen LogP contribution in [0.4, 0.5) is 11.4 Å². The SMILES string of the molecule is COc1ccc(N2CC=Cc3ccc4cccnc4c32)cc1. The first-order valence-electron chi connectivity index (χ1n) is 7.33. The monoisotopic (exact) mass is 288 g/mol. The molecule has 3 aromatic rings. The minimum Gasteiger partial charge on any atom is -0.497 e. The van der Waals surface area contributed by atoms with E-state index in [9.17, 15) is 0 Å². The molecule has 0 bridgehead atoms. The minimum atomic E-state index is 0.842. The fourth-order valence-electron chi connectivity index (χ4n) is 2.94. The summed E-state index contributed by atoms with van der Waals surface area (Å²) in [5.74, 6) is 0.868. The van der Waals surface area contributed by atoms with Crippen LogP contribution in [0.3, 0.4) is 0 Å². The Morgan fingerprint density at radius 3 is 2.73 bits per heavy atom. The number of aromatic nitrogens is 1. The van der Waals surface area contributed by atoms with Crippen LogP contribution >= 0.6 is 0 Å². The number of pyridine rings is 1. The summed E-state index contributed by atoms with van der Waals surface area (Å²) in [6, 6.07) is 16.5. The van der Waals surface area contributed by atoms with Crippen molar-refractivity contribution < 1.29 is 4.74 Å². The van der Waals surface area contributed by atoms with Crippen LogP contribution in [0.1, 0.15) is 5.56 Å². The molecule has 0 radical (unpaired) electrons. The van der Waals surface area contributed by atoms with Gasteiger partial charge in [0.15, 0.2) is 0 Å². The van der Waals surface area contributed by atoms with E-state index in [1.165, 1.54) is 11.3 Å². The number of hydrogen-bond acceptors (Lipinski definition) is 3. The summed E-state index contributed by atoms with van der Waals surface area (Å²) in [6.45, 7) is 0.842. The molecule has 2 heterocycles. The molecular weight excluding hydrogens is 272 g/mol. The Labute approximate surface area is 129 Å². The summed E-state index contributed by atoms with van der Waals surface area (Å²) >= 11 is 0. The smallest absolute Gasteiger partial charge is 0.119 e. The molecule has 3 heteroatoms. The van der Waals surface area contributed by atoms with E-state index in [1.807, 2.05) is 24.4 Å². The average molecular weight is 288 g/mol. The van der Waals surface area contributed by atoms with E-state index in [-0.39, 0.29) is 0 Å². The average Bonchev–Trinajstić information content (AvgIpc) is 2.61. The lowest BCUT2D eigenvalue weighted by Gasteiger charge is -2.29. The molecule has 0 amide bonds. The zero-order valence-electron chi connectivity index (χ0n) is 12.4. The maximum Gasteiger partial charge on any atom is 0.119 e. The lowest BCUT2D eigenvalue weighted by atomic mass is 10.0. The quantitative estimate of drug-likeness (QED) is 0.698. The lowest BCUT2D eigenvalue weighted by molar-refractivity contribution is 0.415. The maximum atomic E-state index is 5.25. The van der Waals surface area contributed by atoms with Crippen molar-refractivity contribution in [3.63, 3.8) is 0 Å². The molecule has 1 aromatic heterocycles. The van der Waals surface area contributed by atoms with Crippen molar-refractivity contribution in [2.75, 3.05) is 18.6 Å². The molecule has 108 valence electrons. The van der Waals surface area contributed by atoms with Crippen LogP contribution in [-0.2, 0) is 0 Å². The summed E-state index contributed by atoms with van der Waals surface area (Å²) in [6.07, 6.45) is 6.21. The summed E-state index contributed by atoms with van der Waals surface area (Å²) in [7, 11) is 1.69. The van der Waals surface area contributed by atoms with Gasteiger partial charge in [-0.15, -0.1) is 0 Å². The zero-order valence-corrected chi connectivity index (χ0v) is 12.4. The normalized spacial score (nSPS) is 13.2. The van der Waals surface area contributed by atoms with Gasteiger partial charge in [-0.2, -0.15) is 0 Å². The second kappa shape index (κ2) is 5.19. The highest BCUT2D eigenvalue weighted by molar-refractivity contribution is 5.98. The highest BCUT2D eigenvalue weighted by Gasteiger charge is 2.18. The van der Waals surface area contributed by atoms with Gasteiger partial charge in [0.2, 0.25) is 0 Å². The second-order valence-corrected chi connectivity index (χ2v) is 5.29. The zero-order chi connectivity index (χ0) is 14.9. The molecule has 0 spiro atoms. The first-order chi connectivity index (χ1) is 10.9. The molecule has 1 aliphatic heterocycles. The van der Waals surface area contributed by atoms with E-state index >= 15 is 0 Å². The van der Waals surface area contributed by atoms with Gasteiger partial charge in [-0.05, 0) is 30.3 Å². The number of fused-ring (bicyclic) bond motifs is 3. The van der Waals surface area contributed by atoms with Gasteiger partial charge in [0, 0.05) is 29.4 Å². The fourth-order valence-corrected chi connectivity index (χ4v) is 2.94. The number of hydrogen-bond donors (Lipinski definition) is 0. The Bertz CT molecular complexity index is 853. The third-order valence-corrected chi connectivity index (χ3v) is 4.02. The van der Waals surface area contributed by atoms with Crippen LogP contribution in [0, 0.1) is 0 Å². The highest BCUT2D eigenvalue weighted by Crippen LogP contribution is 2.37. The van der Waals surface area contributed by atoms with Crippen LogP contribution < -0.4 is 9.64 Å². The standard InChI is InChI=1S/C19H16N2O/c1-22-17-10-8-16(9-11-17)21-13-3-5-15-7-6-14-4-2-12-20-18(14)19(15)21/h2-12H,13H2,1H3. The van der Waals surface area contributed by atoms with Crippen LogP contribution in [0.2, 0.25) is 0 Å². The Morgan fingerprint density at radius 2 is 1.91 bits per heavy atom. The predicted octanol–water partition coefficient (Wildman–Crippen LogP) is 4.41. The molecule has 0 saturated carbocycles. The van der Waals surface area contributed by atoms with Gasteiger partial charge in [-0.25, -0.2) is 0 Å². The number of methoxy groups -OCH3 is 1. The van der Waals surface area contributed by atoms with Crippen molar-refractivity contribution in [2.45, 2.75) is 0 Å². The van der Waals surface area contributed by atoms with Crippen molar-refractivity contribution in [1.82, 2.24) is 4.98 Å². The van der Waals surface area contributed by atoms with E-state index in [0.29, 0.717) is 0 Å². The van der Waals surface area contributed by atoms with Crippen LogP contribution in [0.15, 0.2) is 60.8 Å². The molecule has 3 nitrogen and oxygen atoms in total. The highest BCUT2D eigenvalue weighted by atomic mass is 16.5. The fraction of sp³-hybridized carbons (Fsp3) is 0.105. The largest absolute Gasteiger partial charge is 0.497 e. The molecule has 22 heavy (non-hydrogen) atoms. The third kappa shape index (κ3) is 2.02. The van der Waals surface area contributed by atoms with E-state index in [2.05, 4.69) is 52.4 Å². The molecule has 0 atom stereocenters. The number of ether oxygens (including phenoxy) is 1. The lowest BCUT2D eigenvalue weighted by Crippen LogP contribution is -2.20. The van der Waals surface area contributed by atoms with E-state index in [4.69, 9.17) is 4.74 Å². The summed E-state index contributed by atoms with van der Waals surface area (Å²) in [4.78, 5) is 6.90. The van der Waals surface area contributed by atoms with Crippen molar-refractivity contribution in [3.05, 3.63) is 66.4 Å². The first-order valence-corrected chi connectivity index (χ1v) is 7.33. The van der Waals surface area contributed by atoms with Gasteiger partial charge < -0.3 is 9.64 Å². The molecule has 0 fully saturated rings. The number of anilines is 2. The molecule has 0 aliphatic carbocycles. The molecule has 1 aliphatic rings. The van der Waals surface area contributed by atoms with Crippen molar-refractivity contribution in [1.29, 1.82) is 0 Å². The van der Waals surface area contributed by atoms with Gasteiger partial charge in [-0.3, -0.25) is 4.98 Å². The van der Waals surface area contributed by atoms with Gasteiger partial charge in [0.1, 0.15) is 5.75 Å². The van der Waals surface area contributed by atoms with Gasteiger partial charge >= 0.3 is 0 Å². The third-order valence-electron chi connectivity index (χ3n) is 4.02. The van der Waals surface area contributed by atoms with E-state index in [0.717, 1.165) is 28.9 Å². The van der Waals surface area contributed by atoms with Crippen LogP contribution in [0.5, 0.6) is 5.75 Å². The summed E-state index contributed by atoms with van der Waals surface area (Å²) < 4.78 is 5.25. The predicted molar refractivity (Wildman–Crippen MR) is 90.8 cm³/mol. The summed E-state index contributed by atoms with van der Waals surface area (Å²) in [5, 5.41) is 1.16. The van der Waals surface area contributed by atoms with Gasteiger partial charge in [-0.1, -0.05) is 30.4 Å². The molecule has 0 N–H and O–H groups in total. The van der Waals surface area contributed by atoms with Crippen LogP contribution in [0.25, 0.3) is 17.0 Å². The number of benzene rings is 2. The first kappa shape index (κ1) is 12.9. The summed E-state index contributed by atoms with van der Waals surface area (Å²) in [5.41, 5.74) is 4.56. The Kier molecular flexibility index (Phi) is 3.04. The van der Waals surface area contributed by atoms with Crippen molar-refractivity contribution in [3.8, 4) is 5.75 Å². The molecule has 2 aromatic carbocycles. The molecular formula is C19H16N2O. The Hall–Kier alpha value is -2.81. The van der Waals surface area contributed by atoms with E-state index < -0.39 is 0 Å². The minimum absolute atomic E-state index is 0.842. The Balaban J connectivity index is 1.90. The maximum absolute atomic E-state index is 5.25. The second-order valence-electron chi connectivity index (χ2n) is 5.29. The number of rotatable bonds is 2. The molecule has 0 saturated heterocycles. The number of nitrogens with zero attached hydrogens (tertiary/aromatic N) is 2. The van der Waals surface area contributed by atoms with Crippen molar-refractivity contribution >= 4 is 28.4 Å². The van der Waals surface area contributed by atoms with Gasteiger partial charge in [0.25, 0.3) is 0 Å². The van der Waals surface area contributed by atoms with Crippen molar-refractivity contribution in [2.24, 2.45) is 0 Å². The molecule has 0 unspecified atom stereocenters. The van der Waals surface area contributed by atoms with Crippen LogP contribution in [-0.4, -0.2) is 18.6 Å².